The van der Waals surface area contributed by atoms with Crippen LogP contribution in [0.3, 0.4) is 0 Å². The van der Waals surface area contributed by atoms with Gasteiger partial charge in [0.1, 0.15) is 19.8 Å². The number of phosphoric ester groups is 1. The van der Waals surface area contributed by atoms with E-state index in [4.69, 9.17) is 18.5 Å². The molecule has 0 radical (unpaired) electrons. The molecule has 0 amide bonds. The van der Waals surface area contributed by atoms with E-state index in [-0.39, 0.29) is 25.6 Å². The molecule has 0 bridgehead atoms. The fourth-order valence-corrected chi connectivity index (χ4v) is 4.46. The van der Waals surface area contributed by atoms with Gasteiger partial charge in [-0.25, -0.2) is 4.57 Å². The first-order chi connectivity index (χ1) is 18.0. The number of quaternary nitrogens is 1. The molecular formula is C28H57NO8P+. The Morgan fingerprint density at radius 2 is 1.18 bits per heavy atom. The summed E-state index contributed by atoms with van der Waals surface area (Å²) in [6, 6.07) is 0. The smallest absolute Gasteiger partial charge is 0.462 e. The molecule has 0 fully saturated rings. The lowest BCUT2D eigenvalue weighted by molar-refractivity contribution is -0.870. The number of rotatable bonds is 26. The lowest BCUT2D eigenvalue weighted by Crippen LogP contribution is -2.37. The number of hydrogen-bond acceptors (Lipinski definition) is 7. The average molecular weight is 567 g/mol. The molecule has 0 saturated carbocycles. The zero-order chi connectivity index (χ0) is 28.7. The molecule has 1 unspecified atom stereocenters. The lowest BCUT2D eigenvalue weighted by Gasteiger charge is -2.24. The normalized spacial score (nSPS) is 14.2. The standard InChI is InChI=1S/C28H56NO8P/c1-6-8-10-12-14-15-17-19-21-28(31)37-26(24-34-27(30)20-18-16-13-11-9-7-2)25-36-38(32,33)35-23-22-29(3,4)5/h26H,6-25H2,1-5H3/p+1/t26-/m1/s1. The minimum atomic E-state index is -4.34. The summed E-state index contributed by atoms with van der Waals surface area (Å²) in [5.74, 6) is -0.814. The highest BCUT2D eigenvalue weighted by Gasteiger charge is 2.27. The Kier molecular flexibility index (Phi) is 22.2. The number of hydrogen-bond donors (Lipinski definition) is 1. The van der Waals surface area contributed by atoms with Crippen LogP contribution in [-0.2, 0) is 32.7 Å². The Balaban J connectivity index is 4.57. The molecule has 0 rings (SSSR count). The number of carbonyl (C=O) groups is 2. The Hall–Kier alpha value is -0.990. The van der Waals surface area contributed by atoms with Gasteiger partial charge in [-0.05, 0) is 12.8 Å². The minimum absolute atomic E-state index is 0.0351. The van der Waals surface area contributed by atoms with Crippen molar-refractivity contribution in [2.24, 2.45) is 0 Å². The molecule has 0 aliphatic rings. The van der Waals surface area contributed by atoms with Gasteiger partial charge in [-0.2, -0.15) is 0 Å². The van der Waals surface area contributed by atoms with E-state index in [1.165, 1.54) is 44.9 Å². The summed E-state index contributed by atoms with van der Waals surface area (Å²) in [6.45, 7) is 4.28. The summed E-state index contributed by atoms with van der Waals surface area (Å²) < 4.78 is 33.7. The van der Waals surface area contributed by atoms with Crippen molar-refractivity contribution in [2.45, 2.75) is 123 Å². The molecule has 1 N–H and O–H groups in total. The van der Waals surface area contributed by atoms with Gasteiger partial charge in [-0.1, -0.05) is 90.9 Å². The summed E-state index contributed by atoms with van der Waals surface area (Å²) in [5.41, 5.74) is 0. The molecule has 2 atom stereocenters. The highest BCUT2D eigenvalue weighted by Crippen LogP contribution is 2.43. The van der Waals surface area contributed by atoms with Crippen LogP contribution in [0, 0.1) is 0 Å². The van der Waals surface area contributed by atoms with Crippen molar-refractivity contribution < 1.29 is 42.1 Å². The third kappa shape index (κ3) is 25.3. The SMILES string of the molecule is CCCCCCCCCCC(=O)O[C@H](COC(=O)CCCCCCCC)COP(=O)(O)OCC[N+](C)(C)C. The molecule has 226 valence electrons. The van der Waals surface area contributed by atoms with Gasteiger partial charge in [0, 0.05) is 12.8 Å². The molecular weight excluding hydrogens is 509 g/mol. The third-order valence-electron chi connectivity index (χ3n) is 6.14. The zero-order valence-electron chi connectivity index (χ0n) is 24.9. The fourth-order valence-electron chi connectivity index (χ4n) is 3.72. The molecule has 0 saturated heterocycles. The van der Waals surface area contributed by atoms with Crippen molar-refractivity contribution in [3.05, 3.63) is 0 Å². The van der Waals surface area contributed by atoms with Crippen LogP contribution < -0.4 is 0 Å². The molecule has 0 aromatic carbocycles. The Bertz CT molecular complexity index is 653. The average Bonchev–Trinajstić information content (AvgIpc) is 2.83. The number of phosphoric acid groups is 1. The Morgan fingerprint density at radius 3 is 1.68 bits per heavy atom. The number of unbranched alkanes of at least 4 members (excludes halogenated alkanes) is 12. The number of likely N-dealkylation sites (N-methyl/N-ethyl adjacent to an activating group) is 1. The molecule has 10 heteroatoms. The van der Waals surface area contributed by atoms with Crippen LogP contribution in [0.5, 0.6) is 0 Å². The van der Waals surface area contributed by atoms with E-state index in [2.05, 4.69) is 13.8 Å². The van der Waals surface area contributed by atoms with Gasteiger partial charge in [0.05, 0.1) is 27.7 Å². The molecule has 38 heavy (non-hydrogen) atoms. The van der Waals surface area contributed by atoms with Crippen molar-refractivity contribution in [3.8, 4) is 0 Å². The second kappa shape index (κ2) is 22.8. The van der Waals surface area contributed by atoms with Crippen LogP contribution >= 0.6 is 7.82 Å². The highest BCUT2D eigenvalue weighted by molar-refractivity contribution is 7.47. The van der Waals surface area contributed by atoms with Crippen LogP contribution in [0.1, 0.15) is 117 Å². The van der Waals surface area contributed by atoms with Crippen LogP contribution in [-0.4, -0.2) is 74.9 Å². The topological polar surface area (TPSA) is 108 Å². The first kappa shape index (κ1) is 37.0. The second-order valence-electron chi connectivity index (χ2n) is 11.1. The van der Waals surface area contributed by atoms with E-state index < -0.39 is 26.5 Å². The highest BCUT2D eigenvalue weighted by atomic mass is 31.2. The summed E-state index contributed by atoms with van der Waals surface area (Å²) in [5, 5.41) is 0. The first-order valence-corrected chi connectivity index (χ1v) is 16.3. The number of esters is 2. The predicted molar refractivity (Wildman–Crippen MR) is 151 cm³/mol. The number of nitrogens with zero attached hydrogens (tertiary/aromatic N) is 1. The minimum Gasteiger partial charge on any atom is -0.462 e. The van der Waals surface area contributed by atoms with Gasteiger partial charge < -0.3 is 18.9 Å². The summed E-state index contributed by atoms with van der Waals surface area (Å²) in [6.07, 6.45) is 14.8. The maximum absolute atomic E-state index is 12.4. The van der Waals surface area contributed by atoms with Crippen LogP contribution in [0.4, 0.5) is 0 Å². The van der Waals surface area contributed by atoms with Crippen molar-refractivity contribution in [1.29, 1.82) is 0 Å². The largest absolute Gasteiger partial charge is 0.472 e. The van der Waals surface area contributed by atoms with Crippen molar-refractivity contribution in [3.63, 3.8) is 0 Å². The van der Waals surface area contributed by atoms with E-state index in [9.17, 15) is 19.0 Å². The molecule has 0 aromatic rings. The van der Waals surface area contributed by atoms with E-state index in [1.54, 1.807) is 0 Å². The van der Waals surface area contributed by atoms with Crippen molar-refractivity contribution >= 4 is 19.8 Å². The monoisotopic (exact) mass is 566 g/mol. The van der Waals surface area contributed by atoms with Gasteiger partial charge in [0.2, 0.25) is 0 Å². The quantitative estimate of drug-likeness (QED) is 0.0543. The van der Waals surface area contributed by atoms with E-state index in [1.807, 2.05) is 21.1 Å². The summed E-state index contributed by atoms with van der Waals surface area (Å²) in [7, 11) is 1.48. The van der Waals surface area contributed by atoms with Gasteiger partial charge in [0.15, 0.2) is 6.10 Å². The van der Waals surface area contributed by atoms with Gasteiger partial charge in [-0.3, -0.25) is 18.6 Å². The molecule has 0 heterocycles. The van der Waals surface area contributed by atoms with Crippen LogP contribution in [0.25, 0.3) is 0 Å². The molecule has 0 aromatic heterocycles. The fraction of sp³-hybridized carbons (Fsp3) is 0.929. The Labute approximate surface area is 232 Å². The number of ether oxygens (including phenoxy) is 2. The van der Waals surface area contributed by atoms with Gasteiger partial charge in [0.25, 0.3) is 0 Å². The molecule has 0 spiro atoms. The van der Waals surface area contributed by atoms with E-state index in [0.29, 0.717) is 23.9 Å². The van der Waals surface area contributed by atoms with E-state index in [0.717, 1.165) is 38.5 Å². The number of carbonyl (C=O) groups excluding carboxylic acids is 2. The van der Waals surface area contributed by atoms with Crippen LogP contribution in [0.15, 0.2) is 0 Å². The summed E-state index contributed by atoms with van der Waals surface area (Å²) in [4.78, 5) is 34.6. The maximum atomic E-state index is 12.4. The summed E-state index contributed by atoms with van der Waals surface area (Å²) >= 11 is 0. The first-order valence-electron chi connectivity index (χ1n) is 14.8. The second-order valence-corrected chi connectivity index (χ2v) is 12.6. The lowest BCUT2D eigenvalue weighted by atomic mass is 10.1. The predicted octanol–water partition coefficient (Wildman–Crippen LogP) is 6.56. The molecule has 9 nitrogen and oxygen atoms in total. The molecule has 0 aliphatic heterocycles. The third-order valence-corrected chi connectivity index (χ3v) is 7.12. The zero-order valence-corrected chi connectivity index (χ0v) is 25.8. The maximum Gasteiger partial charge on any atom is 0.472 e. The Morgan fingerprint density at radius 1 is 0.711 bits per heavy atom. The molecule has 0 aliphatic carbocycles. The van der Waals surface area contributed by atoms with Gasteiger partial charge in [-0.15, -0.1) is 0 Å². The van der Waals surface area contributed by atoms with Crippen LogP contribution in [0.2, 0.25) is 0 Å². The van der Waals surface area contributed by atoms with Gasteiger partial charge >= 0.3 is 19.8 Å². The van der Waals surface area contributed by atoms with Crippen molar-refractivity contribution in [1.82, 2.24) is 0 Å². The van der Waals surface area contributed by atoms with E-state index >= 15 is 0 Å². The van der Waals surface area contributed by atoms with Crippen molar-refractivity contribution in [2.75, 3.05) is 47.5 Å².